The Balaban J connectivity index is 2.01. The molecule has 106 valence electrons. The summed E-state index contributed by atoms with van der Waals surface area (Å²) in [6, 6.07) is 9.20. The number of aryl methyl sites for hydroxylation is 1. The number of hydrogen-bond donors (Lipinski definition) is 1. The molecule has 0 amide bonds. The molecule has 2 rings (SSSR count). The molecular weight excluding hydrogens is 236 g/mol. The van der Waals surface area contributed by atoms with Gasteiger partial charge in [0.1, 0.15) is 0 Å². The largest absolute Gasteiger partial charge is 0.383 e. The van der Waals surface area contributed by atoms with Gasteiger partial charge in [0.05, 0.1) is 6.61 Å². The van der Waals surface area contributed by atoms with Crippen LogP contribution in [-0.2, 0) is 11.2 Å². The van der Waals surface area contributed by atoms with Crippen molar-refractivity contribution >= 4 is 5.69 Å². The number of ether oxygens (including phenoxy) is 1. The Bertz CT molecular complexity index is 381. The highest BCUT2D eigenvalue weighted by Gasteiger charge is 2.19. The van der Waals surface area contributed by atoms with Crippen molar-refractivity contribution in [2.24, 2.45) is 0 Å². The fraction of sp³-hybridized carbons (Fsp3) is 0.625. The van der Waals surface area contributed by atoms with Crippen LogP contribution >= 0.6 is 0 Å². The van der Waals surface area contributed by atoms with Crippen LogP contribution in [0.3, 0.4) is 0 Å². The first-order chi connectivity index (χ1) is 9.35. The van der Waals surface area contributed by atoms with Crippen molar-refractivity contribution in [2.45, 2.75) is 32.2 Å². The minimum atomic E-state index is 0.413. The molecule has 1 heterocycles. The number of hydrogen-bond acceptors (Lipinski definition) is 3. The van der Waals surface area contributed by atoms with E-state index in [2.05, 4.69) is 41.4 Å². The topological polar surface area (TPSA) is 24.5 Å². The van der Waals surface area contributed by atoms with Crippen molar-refractivity contribution < 1.29 is 4.74 Å². The highest BCUT2D eigenvalue weighted by atomic mass is 16.5. The Morgan fingerprint density at radius 2 is 2.21 bits per heavy atom. The Hall–Kier alpha value is -1.06. The maximum Gasteiger partial charge on any atom is 0.0633 e. The quantitative estimate of drug-likeness (QED) is 0.817. The summed E-state index contributed by atoms with van der Waals surface area (Å²) in [5.74, 6) is 0. The highest BCUT2D eigenvalue weighted by molar-refractivity contribution is 5.55. The van der Waals surface area contributed by atoms with E-state index in [1.54, 1.807) is 7.11 Å². The SMILES string of the molecule is CCCNC(COC)CN1CCCc2ccccc21. The Labute approximate surface area is 116 Å². The lowest BCUT2D eigenvalue weighted by Gasteiger charge is -2.34. The van der Waals surface area contributed by atoms with Crippen LogP contribution in [0.25, 0.3) is 0 Å². The lowest BCUT2D eigenvalue weighted by Crippen LogP contribution is -2.45. The van der Waals surface area contributed by atoms with Crippen LogP contribution in [0.1, 0.15) is 25.3 Å². The number of nitrogens with one attached hydrogen (secondary N) is 1. The van der Waals surface area contributed by atoms with Gasteiger partial charge in [0.2, 0.25) is 0 Å². The van der Waals surface area contributed by atoms with E-state index >= 15 is 0 Å². The standard InChI is InChI=1S/C16H26N2O/c1-3-10-17-15(13-19-2)12-18-11-6-8-14-7-4-5-9-16(14)18/h4-5,7,9,15,17H,3,6,8,10-13H2,1-2H3. The predicted molar refractivity (Wildman–Crippen MR) is 80.9 cm³/mol. The van der Waals surface area contributed by atoms with Crippen LogP contribution in [0.5, 0.6) is 0 Å². The summed E-state index contributed by atoms with van der Waals surface area (Å²) in [6.45, 7) is 6.23. The summed E-state index contributed by atoms with van der Waals surface area (Å²) >= 11 is 0. The summed E-state index contributed by atoms with van der Waals surface area (Å²) in [6.07, 6.45) is 3.63. The monoisotopic (exact) mass is 262 g/mol. The molecule has 0 aromatic heterocycles. The van der Waals surface area contributed by atoms with Crippen molar-refractivity contribution in [3.63, 3.8) is 0 Å². The van der Waals surface area contributed by atoms with Crippen molar-refractivity contribution in [1.82, 2.24) is 5.32 Å². The molecule has 1 aliphatic heterocycles. The van der Waals surface area contributed by atoms with Crippen molar-refractivity contribution in [3.8, 4) is 0 Å². The zero-order chi connectivity index (χ0) is 13.5. The van der Waals surface area contributed by atoms with Gasteiger partial charge in [-0.2, -0.15) is 0 Å². The van der Waals surface area contributed by atoms with Gasteiger partial charge in [-0.05, 0) is 37.4 Å². The summed E-state index contributed by atoms with van der Waals surface area (Å²) in [7, 11) is 1.78. The number of benzene rings is 1. The Kier molecular flexibility index (Phi) is 5.67. The van der Waals surface area contributed by atoms with Gasteiger partial charge < -0.3 is 15.0 Å². The van der Waals surface area contributed by atoms with E-state index in [4.69, 9.17) is 4.74 Å². The number of methoxy groups -OCH3 is 1. The van der Waals surface area contributed by atoms with E-state index in [1.165, 1.54) is 24.1 Å². The maximum absolute atomic E-state index is 5.34. The van der Waals surface area contributed by atoms with E-state index in [1.807, 2.05) is 0 Å². The maximum atomic E-state index is 5.34. The van der Waals surface area contributed by atoms with Gasteiger partial charge in [0, 0.05) is 31.9 Å². The molecule has 1 unspecified atom stereocenters. The second-order valence-corrected chi connectivity index (χ2v) is 5.28. The minimum Gasteiger partial charge on any atom is -0.383 e. The summed E-state index contributed by atoms with van der Waals surface area (Å²) < 4.78 is 5.34. The molecule has 1 N–H and O–H groups in total. The van der Waals surface area contributed by atoms with E-state index in [0.717, 1.165) is 32.7 Å². The molecule has 0 spiro atoms. The molecule has 1 atom stereocenters. The molecule has 0 bridgehead atoms. The second-order valence-electron chi connectivity index (χ2n) is 5.28. The summed E-state index contributed by atoms with van der Waals surface area (Å²) in [5, 5.41) is 3.58. The molecule has 19 heavy (non-hydrogen) atoms. The smallest absolute Gasteiger partial charge is 0.0633 e. The molecule has 3 heteroatoms. The predicted octanol–water partition coefficient (Wildman–Crippen LogP) is 2.45. The average Bonchev–Trinajstić information content (AvgIpc) is 2.45. The average molecular weight is 262 g/mol. The number of para-hydroxylation sites is 1. The van der Waals surface area contributed by atoms with E-state index in [-0.39, 0.29) is 0 Å². The Morgan fingerprint density at radius 3 is 3.00 bits per heavy atom. The molecule has 1 aliphatic rings. The van der Waals surface area contributed by atoms with E-state index in [9.17, 15) is 0 Å². The third-order valence-corrected chi connectivity index (χ3v) is 3.70. The Morgan fingerprint density at radius 1 is 1.37 bits per heavy atom. The zero-order valence-electron chi connectivity index (χ0n) is 12.2. The molecule has 0 saturated carbocycles. The number of rotatable bonds is 7. The van der Waals surface area contributed by atoms with Gasteiger partial charge in [0.15, 0.2) is 0 Å². The minimum absolute atomic E-state index is 0.413. The molecule has 0 saturated heterocycles. The molecular formula is C16H26N2O. The van der Waals surface area contributed by atoms with Gasteiger partial charge in [-0.15, -0.1) is 0 Å². The van der Waals surface area contributed by atoms with Crippen LogP contribution in [-0.4, -0.2) is 39.4 Å². The van der Waals surface area contributed by atoms with E-state index < -0.39 is 0 Å². The fourth-order valence-corrected chi connectivity index (χ4v) is 2.79. The van der Waals surface area contributed by atoms with Crippen LogP contribution in [0, 0.1) is 0 Å². The second kappa shape index (κ2) is 7.51. The van der Waals surface area contributed by atoms with Crippen LogP contribution in [0.4, 0.5) is 5.69 Å². The molecule has 0 aliphatic carbocycles. The molecule has 3 nitrogen and oxygen atoms in total. The third kappa shape index (κ3) is 3.95. The molecule has 0 radical (unpaired) electrons. The van der Waals surface area contributed by atoms with Gasteiger partial charge in [-0.1, -0.05) is 25.1 Å². The van der Waals surface area contributed by atoms with Crippen molar-refractivity contribution in [3.05, 3.63) is 29.8 Å². The third-order valence-electron chi connectivity index (χ3n) is 3.70. The number of anilines is 1. The van der Waals surface area contributed by atoms with Crippen molar-refractivity contribution in [2.75, 3.05) is 38.3 Å². The van der Waals surface area contributed by atoms with Gasteiger partial charge in [-0.3, -0.25) is 0 Å². The van der Waals surface area contributed by atoms with Crippen LogP contribution < -0.4 is 10.2 Å². The molecule has 0 fully saturated rings. The first-order valence-corrected chi connectivity index (χ1v) is 7.40. The zero-order valence-corrected chi connectivity index (χ0v) is 12.2. The van der Waals surface area contributed by atoms with Crippen LogP contribution in [0.15, 0.2) is 24.3 Å². The summed E-state index contributed by atoms with van der Waals surface area (Å²) in [5.41, 5.74) is 2.90. The first kappa shape index (κ1) is 14.4. The highest BCUT2D eigenvalue weighted by Crippen LogP contribution is 2.26. The lowest BCUT2D eigenvalue weighted by molar-refractivity contribution is 0.167. The summed E-state index contributed by atoms with van der Waals surface area (Å²) in [4.78, 5) is 2.51. The van der Waals surface area contributed by atoms with Crippen LogP contribution in [0.2, 0.25) is 0 Å². The normalized spacial score (nSPS) is 16.2. The van der Waals surface area contributed by atoms with E-state index in [0.29, 0.717) is 6.04 Å². The first-order valence-electron chi connectivity index (χ1n) is 7.40. The molecule has 1 aromatic rings. The number of nitrogens with zero attached hydrogens (tertiary/aromatic N) is 1. The van der Waals surface area contributed by atoms with Crippen molar-refractivity contribution in [1.29, 1.82) is 0 Å². The van der Waals surface area contributed by atoms with Gasteiger partial charge in [-0.25, -0.2) is 0 Å². The lowest BCUT2D eigenvalue weighted by atomic mass is 10.0. The fourth-order valence-electron chi connectivity index (χ4n) is 2.79. The van der Waals surface area contributed by atoms with Gasteiger partial charge >= 0.3 is 0 Å². The molecule has 1 aromatic carbocycles. The van der Waals surface area contributed by atoms with Gasteiger partial charge in [0.25, 0.3) is 0 Å². The number of fused-ring (bicyclic) bond motifs is 1.